The molecule has 4 nitrogen and oxygen atoms in total. The summed E-state index contributed by atoms with van der Waals surface area (Å²) in [6, 6.07) is 11.9. The van der Waals surface area contributed by atoms with Gasteiger partial charge in [-0.2, -0.15) is 13.2 Å². The molecule has 0 radical (unpaired) electrons. The van der Waals surface area contributed by atoms with Gasteiger partial charge < -0.3 is 10.1 Å². The molecule has 0 atom stereocenters. The van der Waals surface area contributed by atoms with Gasteiger partial charge in [0.25, 0.3) is 5.91 Å². The van der Waals surface area contributed by atoms with E-state index in [0.29, 0.717) is 5.56 Å². The second-order valence-corrected chi connectivity index (χ2v) is 5.69. The maximum Gasteiger partial charge on any atom is 0.416 e. The highest BCUT2D eigenvalue weighted by molar-refractivity contribution is 5.94. The van der Waals surface area contributed by atoms with Crippen molar-refractivity contribution in [3.05, 3.63) is 70.8 Å². The van der Waals surface area contributed by atoms with E-state index < -0.39 is 24.3 Å². The minimum atomic E-state index is -4.51. The minimum absolute atomic E-state index is 0.0343. The van der Waals surface area contributed by atoms with Crippen LogP contribution in [0.3, 0.4) is 0 Å². The van der Waals surface area contributed by atoms with E-state index in [-0.39, 0.29) is 24.4 Å². The number of esters is 1. The Balaban J connectivity index is 1.81. The van der Waals surface area contributed by atoms with Crippen molar-refractivity contribution < 1.29 is 27.5 Å². The monoisotopic (exact) mass is 365 g/mol. The number of hydrogen-bond acceptors (Lipinski definition) is 3. The van der Waals surface area contributed by atoms with Crippen molar-refractivity contribution in [2.75, 3.05) is 6.54 Å². The van der Waals surface area contributed by atoms with E-state index in [4.69, 9.17) is 4.74 Å². The molecular formula is C19H18F3NO3. The summed E-state index contributed by atoms with van der Waals surface area (Å²) in [4.78, 5) is 23.6. The van der Waals surface area contributed by atoms with Gasteiger partial charge in [0.05, 0.1) is 12.0 Å². The van der Waals surface area contributed by atoms with E-state index >= 15 is 0 Å². The van der Waals surface area contributed by atoms with Gasteiger partial charge in [-0.1, -0.05) is 35.9 Å². The van der Waals surface area contributed by atoms with Crippen molar-refractivity contribution >= 4 is 11.9 Å². The second kappa shape index (κ2) is 8.51. The first-order chi connectivity index (χ1) is 12.3. The summed E-state index contributed by atoms with van der Waals surface area (Å²) in [5.74, 6) is -1.02. The summed E-state index contributed by atoms with van der Waals surface area (Å²) in [6.07, 6.45) is -4.64. The van der Waals surface area contributed by atoms with Gasteiger partial charge in [0, 0.05) is 17.7 Å². The zero-order valence-electron chi connectivity index (χ0n) is 14.1. The average Bonchev–Trinajstić information content (AvgIpc) is 2.59. The molecule has 1 amide bonds. The second-order valence-electron chi connectivity index (χ2n) is 5.69. The molecule has 0 fully saturated rings. The molecule has 0 aliphatic heterocycles. The number of carbonyl (C=O) groups excluding carboxylic acids is 2. The zero-order valence-corrected chi connectivity index (χ0v) is 14.1. The van der Waals surface area contributed by atoms with Crippen molar-refractivity contribution in [3.8, 4) is 0 Å². The van der Waals surface area contributed by atoms with Crippen LogP contribution in [0.2, 0.25) is 0 Å². The third-order valence-electron chi connectivity index (χ3n) is 3.61. The van der Waals surface area contributed by atoms with Crippen LogP contribution in [0.15, 0.2) is 48.5 Å². The smallest absolute Gasteiger partial charge is 0.416 e. The molecule has 0 aliphatic carbocycles. The fourth-order valence-corrected chi connectivity index (χ4v) is 2.32. The van der Waals surface area contributed by atoms with Gasteiger partial charge in [-0.3, -0.25) is 9.59 Å². The number of benzene rings is 2. The Bertz CT molecular complexity index is 788. The lowest BCUT2D eigenvalue weighted by Crippen LogP contribution is -2.26. The van der Waals surface area contributed by atoms with Gasteiger partial charge in [0.15, 0.2) is 0 Å². The van der Waals surface area contributed by atoms with Crippen LogP contribution < -0.4 is 5.32 Å². The van der Waals surface area contributed by atoms with E-state index in [9.17, 15) is 22.8 Å². The minimum Gasteiger partial charge on any atom is -0.461 e. The molecule has 7 heteroatoms. The van der Waals surface area contributed by atoms with Crippen LogP contribution in [0, 0.1) is 6.92 Å². The first kappa shape index (κ1) is 19.5. The Morgan fingerprint density at radius 1 is 1.08 bits per heavy atom. The lowest BCUT2D eigenvalue weighted by atomic mass is 10.1. The summed E-state index contributed by atoms with van der Waals surface area (Å²) < 4.78 is 43.5. The molecule has 138 valence electrons. The molecule has 2 rings (SSSR count). The number of nitrogens with one attached hydrogen (secondary N) is 1. The molecule has 0 aromatic heterocycles. The van der Waals surface area contributed by atoms with Crippen LogP contribution in [0.1, 0.15) is 33.5 Å². The molecule has 2 aromatic carbocycles. The number of hydrogen-bond donors (Lipinski definition) is 1. The third kappa shape index (κ3) is 5.61. The molecule has 0 bridgehead atoms. The van der Waals surface area contributed by atoms with Gasteiger partial charge in [-0.15, -0.1) is 0 Å². The van der Waals surface area contributed by atoms with Crippen LogP contribution >= 0.6 is 0 Å². The molecule has 0 aliphatic rings. The van der Waals surface area contributed by atoms with Crippen molar-refractivity contribution in [2.24, 2.45) is 0 Å². The van der Waals surface area contributed by atoms with Crippen LogP contribution in [-0.2, 0) is 22.3 Å². The normalized spacial score (nSPS) is 11.1. The van der Waals surface area contributed by atoms with Crippen LogP contribution in [0.5, 0.6) is 0 Å². The Kier molecular flexibility index (Phi) is 6.38. The molecule has 0 spiro atoms. The number of aryl methyl sites for hydroxylation is 1. The summed E-state index contributed by atoms with van der Waals surface area (Å²) in [7, 11) is 0. The molecule has 0 saturated heterocycles. The highest BCUT2D eigenvalue weighted by Crippen LogP contribution is 2.32. The van der Waals surface area contributed by atoms with E-state index in [2.05, 4.69) is 5.32 Å². The Morgan fingerprint density at radius 2 is 1.81 bits per heavy atom. The highest BCUT2D eigenvalue weighted by Gasteiger charge is 2.33. The Hall–Kier alpha value is -2.83. The summed E-state index contributed by atoms with van der Waals surface area (Å²) in [5, 5.41) is 2.57. The van der Waals surface area contributed by atoms with Gasteiger partial charge in [-0.05, 0) is 25.1 Å². The van der Waals surface area contributed by atoms with Crippen molar-refractivity contribution in [3.63, 3.8) is 0 Å². The standard InChI is InChI=1S/C19H18F3NO3/c1-13-5-4-7-14(11-13)18(25)23-10-9-17(24)26-12-15-6-2-3-8-16(15)19(20,21)22/h2-8,11H,9-10,12H2,1H3,(H,23,25). The first-order valence-electron chi connectivity index (χ1n) is 7.93. The molecule has 0 unspecified atom stereocenters. The predicted molar refractivity (Wildman–Crippen MR) is 89.4 cm³/mol. The molecule has 0 saturated carbocycles. The molecular weight excluding hydrogens is 347 g/mol. The topological polar surface area (TPSA) is 55.4 Å². The van der Waals surface area contributed by atoms with Crippen LogP contribution in [-0.4, -0.2) is 18.4 Å². The molecule has 0 heterocycles. The zero-order chi connectivity index (χ0) is 19.2. The number of alkyl halides is 3. The fraction of sp³-hybridized carbons (Fsp3) is 0.263. The number of ether oxygens (including phenoxy) is 1. The van der Waals surface area contributed by atoms with Crippen LogP contribution in [0.25, 0.3) is 0 Å². The van der Waals surface area contributed by atoms with Gasteiger partial charge in [0.2, 0.25) is 0 Å². The summed E-state index contributed by atoms with van der Waals surface area (Å²) in [6.45, 7) is 1.42. The number of halogens is 3. The Morgan fingerprint density at radius 3 is 2.50 bits per heavy atom. The van der Waals surface area contributed by atoms with Crippen LogP contribution in [0.4, 0.5) is 13.2 Å². The number of amides is 1. The van der Waals surface area contributed by atoms with E-state index in [0.717, 1.165) is 11.6 Å². The maximum absolute atomic E-state index is 12.9. The van der Waals surface area contributed by atoms with Crippen molar-refractivity contribution in [1.82, 2.24) is 5.32 Å². The number of carbonyl (C=O) groups is 2. The van der Waals surface area contributed by atoms with Gasteiger partial charge >= 0.3 is 12.1 Å². The highest BCUT2D eigenvalue weighted by atomic mass is 19.4. The molecule has 2 aromatic rings. The number of rotatable bonds is 6. The fourth-order valence-electron chi connectivity index (χ4n) is 2.32. The predicted octanol–water partition coefficient (Wildman–Crippen LogP) is 3.88. The maximum atomic E-state index is 12.9. The van der Waals surface area contributed by atoms with E-state index in [1.165, 1.54) is 18.2 Å². The van der Waals surface area contributed by atoms with E-state index in [1.807, 2.05) is 13.0 Å². The lowest BCUT2D eigenvalue weighted by Gasteiger charge is -2.13. The quantitative estimate of drug-likeness (QED) is 0.791. The summed E-state index contributed by atoms with van der Waals surface area (Å²) >= 11 is 0. The van der Waals surface area contributed by atoms with E-state index in [1.54, 1.807) is 18.2 Å². The Labute approximate surface area is 149 Å². The van der Waals surface area contributed by atoms with Crippen molar-refractivity contribution in [1.29, 1.82) is 0 Å². The van der Waals surface area contributed by atoms with Gasteiger partial charge in [-0.25, -0.2) is 0 Å². The van der Waals surface area contributed by atoms with Crippen molar-refractivity contribution in [2.45, 2.75) is 26.1 Å². The summed E-state index contributed by atoms with van der Waals surface area (Å²) in [5.41, 5.74) is 0.454. The third-order valence-corrected chi connectivity index (χ3v) is 3.61. The first-order valence-corrected chi connectivity index (χ1v) is 7.93. The SMILES string of the molecule is Cc1cccc(C(=O)NCCC(=O)OCc2ccccc2C(F)(F)F)c1. The molecule has 26 heavy (non-hydrogen) atoms. The lowest BCUT2D eigenvalue weighted by molar-refractivity contribution is -0.147. The average molecular weight is 365 g/mol. The van der Waals surface area contributed by atoms with Gasteiger partial charge in [0.1, 0.15) is 6.61 Å². The molecule has 1 N–H and O–H groups in total. The largest absolute Gasteiger partial charge is 0.461 e.